The second kappa shape index (κ2) is 10.5. The van der Waals surface area contributed by atoms with E-state index in [1.54, 1.807) is 38.1 Å². The van der Waals surface area contributed by atoms with Crippen molar-refractivity contribution in [3.8, 4) is 33.8 Å². The minimum Gasteiger partial charge on any atom is -0.493 e. The van der Waals surface area contributed by atoms with Crippen molar-refractivity contribution in [2.45, 2.75) is 13.8 Å². The van der Waals surface area contributed by atoms with Crippen molar-refractivity contribution in [3.05, 3.63) is 69.0 Å². The zero-order chi connectivity index (χ0) is 25.8. The molecule has 0 aliphatic carbocycles. The molecule has 36 heavy (non-hydrogen) atoms. The van der Waals surface area contributed by atoms with Crippen LogP contribution in [0, 0.1) is 13.8 Å². The summed E-state index contributed by atoms with van der Waals surface area (Å²) in [5.41, 5.74) is 2.12. The van der Waals surface area contributed by atoms with Gasteiger partial charge in [-0.3, -0.25) is 14.6 Å². The molecule has 3 aromatic heterocycles. The van der Waals surface area contributed by atoms with Gasteiger partial charge in [-0.25, -0.2) is 4.98 Å². The molecular formula is C25H25N5O5S. The van der Waals surface area contributed by atoms with Gasteiger partial charge in [0.25, 0.3) is 5.56 Å². The summed E-state index contributed by atoms with van der Waals surface area (Å²) >= 11 is 1.51. The van der Waals surface area contributed by atoms with Crippen molar-refractivity contribution in [1.82, 2.24) is 19.7 Å². The van der Waals surface area contributed by atoms with Gasteiger partial charge in [0.05, 0.1) is 26.2 Å². The molecule has 4 aromatic rings. The van der Waals surface area contributed by atoms with E-state index in [0.717, 1.165) is 4.88 Å². The molecule has 0 saturated carbocycles. The van der Waals surface area contributed by atoms with Crippen molar-refractivity contribution >= 4 is 29.1 Å². The van der Waals surface area contributed by atoms with Crippen LogP contribution in [0.25, 0.3) is 22.6 Å². The van der Waals surface area contributed by atoms with E-state index in [1.165, 1.54) is 43.4 Å². The Balaban J connectivity index is 1.67. The minimum absolute atomic E-state index is 0.204. The van der Waals surface area contributed by atoms with E-state index < -0.39 is 5.91 Å². The number of nitrogens with one attached hydrogen (secondary N) is 2. The average molecular weight is 508 g/mol. The summed E-state index contributed by atoms with van der Waals surface area (Å²) in [5.74, 6) is 1.55. The molecule has 0 radical (unpaired) electrons. The Labute approximate surface area is 211 Å². The summed E-state index contributed by atoms with van der Waals surface area (Å²) < 4.78 is 17.5. The van der Waals surface area contributed by atoms with Crippen molar-refractivity contribution in [2.75, 3.05) is 26.6 Å². The Morgan fingerprint density at radius 2 is 1.83 bits per heavy atom. The number of hydrogen-bond acceptors (Lipinski definition) is 8. The number of carbonyl (C=O) groups excluding carboxylic acids is 1. The highest BCUT2D eigenvalue weighted by molar-refractivity contribution is 7.13. The number of rotatable bonds is 8. The number of hydrogen-bond donors (Lipinski definition) is 2. The number of aryl methyl sites for hydroxylation is 1. The van der Waals surface area contributed by atoms with Crippen molar-refractivity contribution in [2.24, 2.45) is 0 Å². The van der Waals surface area contributed by atoms with Crippen molar-refractivity contribution < 1.29 is 19.0 Å². The lowest BCUT2D eigenvalue weighted by molar-refractivity contribution is -0.111. The first-order valence-corrected chi connectivity index (χ1v) is 11.7. The van der Waals surface area contributed by atoms with Gasteiger partial charge >= 0.3 is 0 Å². The molecule has 0 bridgehead atoms. The first-order valence-electron chi connectivity index (χ1n) is 10.9. The lowest BCUT2D eigenvalue weighted by atomic mass is 10.1. The highest BCUT2D eigenvalue weighted by Crippen LogP contribution is 2.38. The molecule has 0 fully saturated rings. The van der Waals surface area contributed by atoms with E-state index >= 15 is 0 Å². The van der Waals surface area contributed by atoms with Gasteiger partial charge in [-0.2, -0.15) is 9.78 Å². The molecule has 0 aliphatic rings. The van der Waals surface area contributed by atoms with Crippen LogP contribution in [0.2, 0.25) is 0 Å². The van der Waals surface area contributed by atoms with Gasteiger partial charge in [-0.15, -0.1) is 11.3 Å². The standard InChI is InChI=1S/C25H25N5O5S/c1-14-15(2)26-25(28-24(14)32)30-21(13-17(29-30)20-7-6-10-36-20)27-22(31)9-8-16-11-18(33-3)23(35-5)19(12-16)34-4/h6-13H,1-5H3,(H,27,31)(H,26,28,32)/b9-8-. The van der Waals surface area contributed by atoms with Crippen LogP contribution in [0.3, 0.4) is 0 Å². The van der Waals surface area contributed by atoms with Crippen LogP contribution in [0.1, 0.15) is 16.8 Å². The van der Waals surface area contributed by atoms with Crippen LogP contribution in [-0.2, 0) is 4.79 Å². The number of anilines is 1. The zero-order valence-electron chi connectivity index (χ0n) is 20.4. The molecule has 4 rings (SSSR count). The first kappa shape index (κ1) is 24.7. The van der Waals surface area contributed by atoms with Crippen molar-refractivity contribution in [1.29, 1.82) is 0 Å². The van der Waals surface area contributed by atoms with Crippen molar-refractivity contribution in [3.63, 3.8) is 0 Å². The number of amides is 1. The number of thiophene rings is 1. The topological polar surface area (TPSA) is 120 Å². The van der Waals surface area contributed by atoms with Gasteiger partial charge in [0.2, 0.25) is 17.6 Å². The van der Waals surface area contributed by atoms with Crippen LogP contribution in [0.15, 0.2) is 46.6 Å². The van der Waals surface area contributed by atoms with Crippen LogP contribution in [0.5, 0.6) is 17.2 Å². The van der Waals surface area contributed by atoms with Crippen LogP contribution in [0.4, 0.5) is 5.82 Å². The fourth-order valence-corrected chi connectivity index (χ4v) is 4.13. The van der Waals surface area contributed by atoms with Crippen LogP contribution in [-0.4, -0.2) is 47.0 Å². The van der Waals surface area contributed by atoms with E-state index in [1.807, 2.05) is 17.5 Å². The molecule has 10 nitrogen and oxygen atoms in total. The number of carbonyl (C=O) groups is 1. The fourth-order valence-electron chi connectivity index (χ4n) is 3.44. The third-order valence-corrected chi connectivity index (χ3v) is 6.32. The first-order chi connectivity index (χ1) is 17.3. The maximum atomic E-state index is 12.9. The summed E-state index contributed by atoms with van der Waals surface area (Å²) in [6.45, 7) is 3.44. The maximum absolute atomic E-state index is 12.9. The molecular weight excluding hydrogens is 482 g/mol. The van der Waals surface area contributed by atoms with E-state index in [0.29, 0.717) is 45.6 Å². The molecule has 0 aliphatic heterocycles. The quantitative estimate of drug-likeness (QED) is 0.346. The molecule has 11 heteroatoms. The average Bonchev–Trinajstić information content (AvgIpc) is 3.55. The van der Waals surface area contributed by atoms with E-state index in [9.17, 15) is 9.59 Å². The Kier molecular flexibility index (Phi) is 7.20. The second-order valence-corrected chi connectivity index (χ2v) is 8.63. The summed E-state index contributed by atoms with van der Waals surface area (Å²) in [6, 6.07) is 9.02. The van der Waals surface area contributed by atoms with E-state index in [-0.39, 0.29) is 11.5 Å². The summed E-state index contributed by atoms with van der Waals surface area (Å²) in [7, 11) is 4.57. The van der Waals surface area contributed by atoms with E-state index in [4.69, 9.17) is 14.2 Å². The molecule has 0 atom stereocenters. The third kappa shape index (κ3) is 5.01. The Hall–Kier alpha value is -4.38. The summed E-state index contributed by atoms with van der Waals surface area (Å²) in [4.78, 5) is 33.3. The number of benzene rings is 1. The Morgan fingerprint density at radius 1 is 1.11 bits per heavy atom. The predicted molar refractivity (Wildman–Crippen MR) is 139 cm³/mol. The largest absolute Gasteiger partial charge is 0.493 e. The van der Waals surface area contributed by atoms with Gasteiger partial charge in [0.15, 0.2) is 11.5 Å². The highest BCUT2D eigenvalue weighted by Gasteiger charge is 2.17. The maximum Gasteiger partial charge on any atom is 0.255 e. The number of aromatic amines is 1. The molecule has 2 N–H and O–H groups in total. The van der Waals surface area contributed by atoms with Gasteiger partial charge in [0, 0.05) is 23.4 Å². The third-order valence-electron chi connectivity index (χ3n) is 5.43. The van der Waals surface area contributed by atoms with Gasteiger partial charge in [-0.1, -0.05) is 6.07 Å². The Morgan fingerprint density at radius 3 is 2.42 bits per heavy atom. The molecule has 1 amide bonds. The molecule has 3 heterocycles. The number of aromatic nitrogens is 4. The lowest BCUT2D eigenvalue weighted by Gasteiger charge is -2.12. The van der Waals surface area contributed by atoms with Crippen LogP contribution >= 0.6 is 11.3 Å². The zero-order valence-corrected chi connectivity index (χ0v) is 21.2. The van der Waals surface area contributed by atoms with Gasteiger partial charge < -0.3 is 19.5 Å². The van der Waals surface area contributed by atoms with Gasteiger partial charge in [-0.05, 0) is 49.1 Å². The molecule has 0 spiro atoms. The number of ether oxygens (including phenoxy) is 3. The lowest BCUT2D eigenvalue weighted by Crippen LogP contribution is -2.20. The van der Waals surface area contributed by atoms with Crippen LogP contribution < -0.4 is 25.1 Å². The SMILES string of the molecule is COc1cc(/C=C\C(=O)Nc2cc(-c3cccs3)nn2-c2nc(C)c(C)c(=O)[nH]2)cc(OC)c1OC. The molecule has 186 valence electrons. The summed E-state index contributed by atoms with van der Waals surface area (Å²) in [5, 5.41) is 9.34. The number of nitrogens with zero attached hydrogens (tertiary/aromatic N) is 3. The monoisotopic (exact) mass is 507 g/mol. The normalized spacial score (nSPS) is 11.0. The molecule has 0 unspecified atom stereocenters. The van der Waals surface area contributed by atoms with Gasteiger partial charge in [0.1, 0.15) is 11.5 Å². The van der Waals surface area contributed by atoms with E-state index in [2.05, 4.69) is 20.4 Å². The molecule has 0 saturated heterocycles. The fraction of sp³-hybridized carbons (Fsp3) is 0.200. The molecule has 1 aromatic carbocycles. The number of methoxy groups -OCH3 is 3. The predicted octanol–water partition coefficient (Wildman–Crippen LogP) is 3.98. The highest BCUT2D eigenvalue weighted by atomic mass is 32.1. The smallest absolute Gasteiger partial charge is 0.255 e. The Bertz CT molecular complexity index is 1460. The summed E-state index contributed by atoms with van der Waals surface area (Å²) in [6.07, 6.45) is 3.00. The number of H-pyrrole nitrogens is 1. The second-order valence-electron chi connectivity index (χ2n) is 7.69. The minimum atomic E-state index is -0.409.